The van der Waals surface area contributed by atoms with Gasteiger partial charge in [-0.15, -0.1) is 0 Å². The SMILES string of the molecule is CCCC(=O)C(C)(C)C(=O)C(C)(C)C. The molecule has 0 aliphatic rings. The van der Waals surface area contributed by atoms with Crippen LogP contribution in [0.3, 0.4) is 0 Å². The quantitative estimate of drug-likeness (QED) is 0.651. The van der Waals surface area contributed by atoms with Crippen LogP contribution in [0.1, 0.15) is 54.4 Å². The van der Waals surface area contributed by atoms with Crippen molar-refractivity contribution in [3.05, 3.63) is 0 Å². The first-order valence-electron chi connectivity index (χ1n) is 5.22. The van der Waals surface area contributed by atoms with E-state index in [4.69, 9.17) is 0 Å². The summed E-state index contributed by atoms with van der Waals surface area (Å²) < 4.78 is 0. The van der Waals surface area contributed by atoms with E-state index in [9.17, 15) is 9.59 Å². The smallest absolute Gasteiger partial charge is 0.151 e. The van der Waals surface area contributed by atoms with E-state index in [1.54, 1.807) is 13.8 Å². The van der Waals surface area contributed by atoms with Gasteiger partial charge >= 0.3 is 0 Å². The Labute approximate surface area is 87.1 Å². The molecule has 0 amide bonds. The van der Waals surface area contributed by atoms with Gasteiger partial charge in [0.15, 0.2) is 5.78 Å². The Hall–Kier alpha value is -0.660. The second kappa shape index (κ2) is 4.24. The van der Waals surface area contributed by atoms with Crippen LogP contribution in [0.5, 0.6) is 0 Å². The minimum Gasteiger partial charge on any atom is -0.299 e. The van der Waals surface area contributed by atoms with E-state index in [0.717, 1.165) is 6.42 Å². The van der Waals surface area contributed by atoms with E-state index in [-0.39, 0.29) is 11.6 Å². The van der Waals surface area contributed by atoms with E-state index in [1.807, 2.05) is 27.7 Å². The summed E-state index contributed by atoms with van der Waals surface area (Å²) in [5.41, 5.74) is -1.26. The largest absolute Gasteiger partial charge is 0.299 e. The number of rotatable bonds is 4. The lowest BCUT2D eigenvalue weighted by Crippen LogP contribution is -2.40. The molecular weight excluding hydrogens is 176 g/mol. The van der Waals surface area contributed by atoms with Gasteiger partial charge in [0.05, 0.1) is 5.41 Å². The first kappa shape index (κ1) is 13.3. The Morgan fingerprint density at radius 2 is 1.43 bits per heavy atom. The van der Waals surface area contributed by atoms with Crippen molar-refractivity contribution in [2.45, 2.75) is 54.4 Å². The van der Waals surface area contributed by atoms with Crippen LogP contribution >= 0.6 is 0 Å². The van der Waals surface area contributed by atoms with Crippen molar-refractivity contribution in [2.24, 2.45) is 10.8 Å². The second-order valence-electron chi connectivity index (χ2n) is 5.38. The molecule has 0 fully saturated rings. The molecule has 0 spiro atoms. The van der Waals surface area contributed by atoms with Crippen LogP contribution in [-0.4, -0.2) is 11.6 Å². The Morgan fingerprint density at radius 3 is 1.71 bits per heavy atom. The molecule has 2 nitrogen and oxygen atoms in total. The number of carbonyl (C=O) groups excluding carboxylic acids is 2. The normalized spacial score (nSPS) is 12.7. The average Bonchev–Trinajstić information content (AvgIpc) is 2.01. The summed E-state index contributed by atoms with van der Waals surface area (Å²) >= 11 is 0. The molecule has 0 saturated carbocycles. The lowest BCUT2D eigenvalue weighted by atomic mass is 9.71. The minimum atomic E-state index is -0.825. The van der Waals surface area contributed by atoms with Crippen molar-refractivity contribution in [1.29, 1.82) is 0 Å². The molecule has 0 aromatic carbocycles. The molecule has 0 saturated heterocycles. The lowest BCUT2D eigenvalue weighted by Gasteiger charge is -2.29. The third kappa shape index (κ3) is 2.93. The van der Waals surface area contributed by atoms with Gasteiger partial charge in [0.25, 0.3) is 0 Å². The Kier molecular flexibility index (Phi) is 4.04. The average molecular weight is 198 g/mol. The topological polar surface area (TPSA) is 34.1 Å². The van der Waals surface area contributed by atoms with E-state index in [0.29, 0.717) is 6.42 Å². The van der Waals surface area contributed by atoms with Gasteiger partial charge < -0.3 is 0 Å². The highest BCUT2D eigenvalue weighted by molar-refractivity contribution is 6.08. The van der Waals surface area contributed by atoms with Crippen LogP contribution in [-0.2, 0) is 9.59 Å². The summed E-state index contributed by atoms with van der Waals surface area (Å²) in [4.78, 5) is 23.7. The fraction of sp³-hybridized carbons (Fsp3) is 0.833. The molecule has 0 aliphatic carbocycles. The molecule has 0 aliphatic heterocycles. The zero-order valence-corrected chi connectivity index (χ0v) is 10.2. The van der Waals surface area contributed by atoms with Crippen molar-refractivity contribution in [1.82, 2.24) is 0 Å². The van der Waals surface area contributed by atoms with Crippen molar-refractivity contribution >= 4 is 11.6 Å². The molecule has 0 heterocycles. The van der Waals surface area contributed by atoms with Crippen LogP contribution in [0, 0.1) is 10.8 Å². The van der Waals surface area contributed by atoms with Crippen LogP contribution in [0.15, 0.2) is 0 Å². The van der Waals surface area contributed by atoms with Gasteiger partial charge in [-0.1, -0.05) is 27.7 Å². The molecule has 82 valence electrons. The van der Waals surface area contributed by atoms with Gasteiger partial charge in [0, 0.05) is 11.8 Å². The zero-order chi connectivity index (χ0) is 11.6. The van der Waals surface area contributed by atoms with E-state index in [1.165, 1.54) is 0 Å². The molecule has 0 bridgehead atoms. The minimum absolute atomic E-state index is 0.0310. The molecular formula is C12H22O2. The third-order valence-electron chi connectivity index (χ3n) is 2.42. The summed E-state index contributed by atoms with van der Waals surface area (Å²) in [5, 5.41) is 0. The van der Waals surface area contributed by atoms with Gasteiger partial charge in [-0.25, -0.2) is 0 Å². The highest BCUT2D eigenvalue weighted by Gasteiger charge is 2.40. The third-order valence-corrected chi connectivity index (χ3v) is 2.42. The molecule has 0 radical (unpaired) electrons. The van der Waals surface area contributed by atoms with Gasteiger partial charge in [-0.05, 0) is 20.3 Å². The predicted octanol–water partition coefficient (Wildman–Crippen LogP) is 3.00. The van der Waals surface area contributed by atoms with E-state index < -0.39 is 10.8 Å². The van der Waals surface area contributed by atoms with Crippen molar-refractivity contribution in [2.75, 3.05) is 0 Å². The van der Waals surface area contributed by atoms with Crippen LogP contribution < -0.4 is 0 Å². The standard InChI is InChI=1S/C12H22O2/c1-7-8-9(13)12(5,6)10(14)11(2,3)4/h7-8H2,1-6H3. The fourth-order valence-electron chi connectivity index (χ4n) is 1.60. The van der Waals surface area contributed by atoms with Gasteiger partial charge in [-0.2, -0.15) is 0 Å². The fourth-order valence-corrected chi connectivity index (χ4v) is 1.60. The van der Waals surface area contributed by atoms with Gasteiger partial charge in [0.1, 0.15) is 5.78 Å². The lowest BCUT2D eigenvalue weighted by molar-refractivity contribution is -0.143. The van der Waals surface area contributed by atoms with Crippen molar-refractivity contribution in [3.8, 4) is 0 Å². The number of hydrogen-bond acceptors (Lipinski definition) is 2. The van der Waals surface area contributed by atoms with Crippen LogP contribution in [0.2, 0.25) is 0 Å². The predicted molar refractivity (Wildman–Crippen MR) is 58.2 cm³/mol. The van der Waals surface area contributed by atoms with E-state index >= 15 is 0 Å². The van der Waals surface area contributed by atoms with Gasteiger partial charge in [-0.3, -0.25) is 9.59 Å². The van der Waals surface area contributed by atoms with Crippen molar-refractivity contribution < 1.29 is 9.59 Å². The molecule has 0 rings (SSSR count). The molecule has 14 heavy (non-hydrogen) atoms. The van der Waals surface area contributed by atoms with Crippen molar-refractivity contribution in [3.63, 3.8) is 0 Å². The maximum absolute atomic E-state index is 12.0. The summed E-state index contributed by atoms with van der Waals surface area (Å²) in [6.07, 6.45) is 1.30. The molecule has 0 aromatic rings. The monoisotopic (exact) mass is 198 g/mol. The Balaban J connectivity index is 4.79. The molecule has 2 heteroatoms. The van der Waals surface area contributed by atoms with E-state index in [2.05, 4.69) is 0 Å². The first-order chi connectivity index (χ1) is 6.14. The highest BCUT2D eigenvalue weighted by Crippen LogP contribution is 2.30. The summed E-state index contributed by atoms with van der Waals surface area (Å²) in [6, 6.07) is 0. The zero-order valence-electron chi connectivity index (χ0n) is 10.2. The number of hydrogen-bond donors (Lipinski definition) is 0. The van der Waals surface area contributed by atoms with Crippen LogP contribution in [0.25, 0.3) is 0 Å². The molecule has 0 atom stereocenters. The molecule has 0 unspecified atom stereocenters. The second-order valence-corrected chi connectivity index (χ2v) is 5.38. The Bertz CT molecular complexity index is 231. The number of carbonyl (C=O) groups is 2. The highest BCUT2D eigenvalue weighted by atomic mass is 16.2. The summed E-state index contributed by atoms with van der Waals surface area (Å²) in [7, 11) is 0. The first-order valence-corrected chi connectivity index (χ1v) is 5.22. The molecule has 0 aromatic heterocycles. The molecule has 0 N–H and O–H groups in total. The Morgan fingerprint density at radius 1 is 1.00 bits per heavy atom. The maximum Gasteiger partial charge on any atom is 0.151 e. The van der Waals surface area contributed by atoms with Crippen LogP contribution in [0.4, 0.5) is 0 Å². The summed E-state index contributed by atoms with van der Waals surface area (Å²) in [5.74, 6) is 0.0865. The number of ketones is 2. The maximum atomic E-state index is 12.0. The number of Topliss-reactive ketones (excluding diaryl/α,β-unsaturated/α-hetero) is 2. The van der Waals surface area contributed by atoms with Gasteiger partial charge in [0.2, 0.25) is 0 Å². The summed E-state index contributed by atoms with van der Waals surface area (Å²) in [6.45, 7) is 11.0.